The van der Waals surface area contributed by atoms with Crippen LogP contribution in [0.15, 0.2) is 24.3 Å². The molecular weight excluding hydrogens is 210 g/mol. The zero-order valence-electron chi connectivity index (χ0n) is 8.66. The van der Waals surface area contributed by atoms with Gasteiger partial charge in [0.15, 0.2) is 0 Å². The number of aromatic nitrogens is 2. The van der Waals surface area contributed by atoms with Crippen molar-refractivity contribution in [3.8, 4) is 5.69 Å². The molecule has 0 amide bonds. The van der Waals surface area contributed by atoms with Crippen LogP contribution in [0.3, 0.4) is 0 Å². The molecule has 3 nitrogen and oxygen atoms in total. The second-order valence-corrected chi connectivity index (χ2v) is 3.91. The Balaban J connectivity index is 2.59. The molecule has 4 heteroatoms. The molecule has 0 aliphatic rings. The van der Waals surface area contributed by atoms with Gasteiger partial charge in [-0.15, -0.1) is 0 Å². The van der Waals surface area contributed by atoms with Gasteiger partial charge >= 0.3 is 0 Å². The van der Waals surface area contributed by atoms with E-state index in [1.54, 1.807) is 4.68 Å². The number of benzene rings is 1. The lowest BCUT2D eigenvalue weighted by Crippen LogP contribution is -1.99. The summed E-state index contributed by atoms with van der Waals surface area (Å²) in [7, 11) is 0. The largest absolute Gasteiger partial charge is 0.396 e. The Kier molecular flexibility index (Phi) is 2.40. The van der Waals surface area contributed by atoms with Crippen molar-refractivity contribution in [3.63, 3.8) is 0 Å². The van der Waals surface area contributed by atoms with Gasteiger partial charge in [0.05, 0.1) is 22.8 Å². The van der Waals surface area contributed by atoms with E-state index in [2.05, 4.69) is 5.10 Å². The number of nitrogens with two attached hydrogens (primary N) is 1. The highest BCUT2D eigenvalue weighted by Gasteiger charge is 2.09. The van der Waals surface area contributed by atoms with E-state index in [-0.39, 0.29) is 0 Å². The van der Waals surface area contributed by atoms with E-state index in [0.717, 1.165) is 22.8 Å². The molecule has 1 heterocycles. The molecule has 0 radical (unpaired) electrons. The quantitative estimate of drug-likeness (QED) is 0.805. The minimum absolute atomic E-state index is 0.693. The van der Waals surface area contributed by atoms with Crippen LogP contribution in [0.5, 0.6) is 0 Å². The molecule has 15 heavy (non-hydrogen) atoms. The Morgan fingerprint density at radius 1 is 1.33 bits per heavy atom. The van der Waals surface area contributed by atoms with Crippen molar-refractivity contribution in [2.24, 2.45) is 0 Å². The van der Waals surface area contributed by atoms with Gasteiger partial charge in [-0.05, 0) is 32.0 Å². The molecule has 78 valence electrons. The molecule has 2 N–H and O–H groups in total. The van der Waals surface area contributed by atoms with Crippen molar-refractivity contribution in [1.82, 2.24) is 9.78 Å². The van der Waals surface area contributed by atoms with Gasteiger partial charge in [0, 0.05) is 5.02 Å². The minimum atomic E-state index is 0.693. The molecule has 0 aliphatic carbocycles. The molecule has 0 fully saturated rings. The summed E-state index contributed by atoms with van der Waals surface area (Å²) in [4.78, 5) is 0. The molecule has 1 aromatic heterocycles. The number of anilines is 1. The number of nitrogens with zero attached hydrogens (tertiary/aromatic N) is 2. The number of halogens is 1. The second-order valence-electron chi connectivity index (χ2n) is 3.48. The van der Waals surface area contributed by atoms with Crippen LogP contribution >= 0.6 is 11.6 Å². The van der Waals surface area contributed by atoms with Crippen LogP contribution in [-0.4, -0.2) is 9.78 Å². The molecular formula is C11H12ClN3. The van der Waals surface area contributed by atoms with Gasteiger partial charge in [-0.25, -0.2) is 4.68 Å². The molecule has 0 unspecified atom stereocenters. The molecule has 0 saturated heterocycles. The zero-order valence-corrected chi connectivity index (χ0v) is 9.42. The van der Waals surface area contributed by atoms with Crippen LogP contribution < -0.4 is 5.73 Å². The summed E-state index contributed by atoms with van der Waals surface area (Å²) >= 11 is 5.92. The summed E-state index contributed by atoms with van der Waals surface area (Å²) in [6.07, 6.45) is 0. The van der Waals surface area contributed by atoms with E-state index in [4.69, 9.17) is 17.3 Å². The normalized spacial score (nSPS) is 10.6. The van der Waals surface area contributed by atoms with Gasteiger partial charge in [0.1, 0.15) is 0 Å². The summed E-state index contributed by atoms with van der Waals surface area (Å²) < 4.78 is 1.80. The van der Waals surface area contributed by atoms with Gasteiger partial charge < -0.3 is 5.73 Å². The zero-order chi connectivity index (χ0) is 11.0. The third-order valence-electron chi connectivity index (χ3n) is 2.40. The Labute approximate surface area is 93.5 Å². The van der Waals surface area contributed by atoms with Gasteiger partial charge in [-0.3, -0.25) is 0 Å². The van der Waals surface area contributed by atoms with Crippen molar-refractivity contribution in [3.05, 3.63) is 40.7 Å². The van der Waals surface area contributed by atoms with Crippen molar-refractivity contribution < 1.29 is 0 Å². The first-order valence-electron chi connectivity index (χ1n) is 4.67. The molecule has 0 aliphatic heterocycles. The highest BCUT2D eigenvalue weighted by Crippen LogP contribution is 2.21. The van der Waals surface area contributed by atoms with Crippen molar-refractivity contribution in [2.45, 2.75) is 13.8 Å². The fourth-order valence-corrected chi connectivity index (χ4v) is 1.70. The van der Waals surface area contributed by atoms with Crippen LogP contribution in [0.4, 0.5) is 5.69 Å². The topological polar surface area (TPSA) is 43.8 Å². The Hall–Kier alpha value is -1.48. The van der Waals surface area contributed by atoms with Crippen molar-refractivity contribution >= 4 is 17.3 Å². The fraction of sp³-hybridized carbons (Fsp3) is 0.182. The lowest BCUT2D eigenvalue weighted by molar-refractivity contribution is 0.834. The van der Waals surface area contributed by atoms with Gasteiger partial charge in [0.2, 0.25) is 0 Å². The lowest BCUT2D eigenvalue weighted by Gasteiger charge is -2.04. The molecule has 0 spiro atoms. The fourth-order valence-electron chi connectivity index (χ4n) is 1.51. The van der Waals surface area contributed by atoms with Crippen LogP contribution in [-0.2, 0) is 0 Å². The highest BCUT2D eigenvalue weighted by atomic mass is 35.5. The average Bonchev–Trinajstić information content (AvgIpc) is 2.46. The number of aryl methyl sites for hydroxylation is 1. The average molecular weight is 222 g/mol. The molecule has 0 saturated carbocycles. The van der Waals surface area contributed by atoms with E-state index in [1.165, 1.54) is 0 Å². The van der Waals surface area contributed by atoms with E-state index in [9.17, 15) is 0 Å². The van der Waals surface area contributed by atoms with E-state index in [0.29, 0.717) is 5.02 Å². The van der Waals surface area contributed by atoms with Gasteiger partial charge in [0.25, 0.3) is 0 Å². The maximum Gasteiger partial charge on any atom is 0.0830 e. The Morgan fingerprint density at radius 2 is 2.07 bits per heavy atom. The standard InChI is InChI=1S/C11H12ClN3/c1-7-11(13)8(2)15(14-7)10-5-3-4-9(12)6-10/h3-6H,13H2,1-2H3. The van der Waals surface area contributed by atoms with Crippen LogP contribution in [0, 0.1) is 13.8 Å². The highest BCUT2D eigenvalue weighted by molar-refractivity contribution is 6.30. The number of hydrogen-bond donors (Lipinski definition) is 1. The predicted molar refractivity (Wildman–Crippen MR) is 62.5 cm³/mol. The van der Waals surface area contributed by atoms with Gasteiger partial charge in [-0.2, -0.15) is 5.10 Å². The summed E-state index contributed by atoms with van der Waals surface area (Å²) in [5.41, 5.74) is 9.30. The third-order valence-corrected chi connectivity index (χ3v) is 2.64. The first kappa shape index (κ1) is 10.1. The maximum atomic E-state index is 5.92. The lowest BCUT2D eigenvalue weighted by atomic mass is 10.3. The monoisotopic (exact) mass is 221 g/mol. The van der Waals surface area contributed by atoms with E-state index < -0.39 is 0 Å². The minimum Gasteiger partial charge on any atom is -0.396 e. The molecule has 0 atom stereocenters. The first-order chi connectivity index (χ1) is 7.09. The SMILES string of the molecule is Cc1nn(-c2cccc(Cl)c2)c(C)c1N. The Morgan fingerprint density at radius 3 is 2.60 bits per heavy atom. The van der Waals surface area contributed by atoms with Crippen molar-refractivity contribution in [2.75, 3.05) is 5.73 Å². The predicted octanol–water partition coefficient (Wildman–Crippen LogP) is 2.72. The Bertz CT molecular complexity index is 503. The molecule has 0 bridgehead atoms. The number of nitrogen functional groups attached to an aromatic ring is 1. The van der Waals surface area contributed by atoms with E-state index in [1.807, 2.05) is 38.1 Å². The van der Waals surface area contributed by atoms with Crippen LogP contribution in [0.1, 0.15) is 11.4 Å². The second kappa shape index (κ2) is 3.59. The first-order valence-corrected chi connectivity index (χ1v) is 5.05. The third kappa shape index (κ3) is 1.70. The van der Waals surface area contributed by atoms with Gasteiger partial charge in [-0.1, -0.05) is 17.7 Å². The van der Waals surface area contributed by atoms with E-state index >= 15 is 0 Å². The summed E-state index contributed by atoms with van der Waals surface area (Å²) in [6.45, 7) is 3.83. The summed E-state index contributed by atoms with van der Waals surface area (Å²) in [5.74, 6) is 0. The van der Waals surface area contributed by atoms with Crippen LogP contribution in [0.2, 0.25) is 5.02 Å². The summed E-state index contributed by atoms with van der Waals surface area (Å²) in [6, 6.07) is 7.54. The number of hydrogen-bond acceptors (Lipinski definition) is 2. The molecule has 2 rings (SSSR count). The van der Waals surface area contributed by atoms with Crippen LogP contribution in [0.25, 0.3) is 5.69 Å². The maximum absolute atomic E-state index is 5.92. The van der Waals surface area contributed by atoms with Crippen molar-refractivity contribution in [1.29, 1.82) is 0 Å². The smallest absolute Gasteiger partial charge is 0.0830 e. The summed E-state index contributed by atoms with van der Waals surface area (Å²) in [5, 5.41) is 5.05. The molecule has 2 aromatic rings. The number of rotatable bonds is 1. The molecule has 1 aromatic carbocycles.